The number of carbonyl (C=O) groups is 2. The second kappa shape index (κ2) is 65.5. The third-order valence-electron chi connectivity index (χ3n) is 10.7. The van der Waals surface area contributed by atoms with Crippen LogP contribution >= 0.6 is 15.2 Å². The zero-order chi connectivity index (χ0) is 76.8. The van der Waals surface area contributed by atoms with Gasteiger partial charge in [-0.25, -0.2) is 9.97 Å². The minimum atomic E-state index is -5.19. The van der Waals surface area contributed by atoms with Crippen LogP contribution in [0, 0.1) is 160 Å². The zero-order valence-corrected chi connectivity index (χ0v) is 68.9. The molecule has 0 fully saturated rings. The van der Waals surface area contributed by atoms with Crippen molar-refractivity contribution < 1.29 is 321 Å². The fourth-order valence-electron chi connectivity index (χ4n) is 5.73. The maximum absolute atomic E-state index is 12.3. The number of carboxylic acids is 2. The van der Waals surface area contributed by atoms with Gasteiger partial charge in [-0.1, -0.05) is 129 Å². The number of nitrogens with zero attached hydrogens (tertiary/aromatic N) is 10. The molecule has 4 radical (unpaired) electrons. The number of aliphatic carboxylic acids is 2. The van der Waals surface area contributed by atoms with E-state index in [1.165, 1.54) is 78.2 Å². The minimum absolute atomic E-state index is 0. The van der Waals surface area contributed by atoms with Gasteiger partial charge in [0.25, 0.3) is 0 Å². The summed E-state index contributed by atoms with van der Waals surface area (Å²) < 4.78 is 83.3. The first-order valence-electron chi connectivity index (χ1n) is 27.5. The fraction of sp³-hybridized carbons (Fsp3) is 0.414. The Kier molecular flexibility index (Phi) is 77.2. The number of hydrogen-bond acceptors (Lipinski definition) is 32. The molecule has 0 unspecified atom stereocenters. The molecular formula is C58H76Cl2F6Gd4N10O22P2. The molecule has 0 saturated carbocycles. The summed E-state index contributed by atoms with van der Waals surface area (Å²) in [5.41, 5.74) is 2.97. The topological polar surface area (TPSA) is 568 Å². The van der Waals surface area contributed by atoms with Crippen LogP contribution in [0.15, 0.2) is 117 Å². The number of rotatable bonds is 18. The molecule has 6 aromatic rings. The minimum Gasteiger partial charge on any atom is -1.00 e. The Balaban J connectivity index is -0.000000138. The van der Waals surface area contributed by atoms with Crippen LogP contribution in [0.4, 0.5) is 26.3 Å². The van der Waals surface area contributed by atoms with Crippen molar-refractivity contribution in [1.29, 1.82) is 0 Å². The molecule has 4 heterocycles. The van der Waals surface area contributed by atoms with Gasteiger partial charge < -0.3 is 135 Å². The summed E-state index contributed by atoms with van der Waals surface area (Å²) in [5.74, 6) is -7.62. The number of carboxylic acid groups (broad SMARTS) is 2. The van der Waals surface area contributed by atoms with Crippen LogP contribution in [0.25, 0.3) is 21.8 Å². The maximum Gasteiger partial charge on any atom is 3.00 e. The van der Waals surface area contributed by atoms with E-state index in [2.05, 4.69) is 40.3 Å². The monoisotopic (exact) mass is 2140 g/mol. The molecule has 0 aliphatic heterocycles. The molecule has 32 nitrogen and oxygen atoms in total. The van der Waals surface area contributed by atoms with Crippen LogP contribution in [-0.4, -0.2) is 210 Å². The summed E-state index contributed by atoms with van der Waals surface area (Å²) in [6.45, 7) is 10.4. The van der Waals surface area contributed by atoms with E-state index in [0.717, 1.165) is 39.2 Å². The van der Waals surface area contributed by atoms with Crippen LogP contribution in [-0.2, 0) is 31.8 Å². The number of para-hydroxylation sites is 2. The van der Waals surface area contributed by atoms with Crippen LogP contribution in [0.2, 0.25) is 0 Å². The van der Waals surface area contributed by atoms with Crippen molar-refractivity contribution in [2.75, 3.05) is 81.0 Å². The number of pyridine rings is 4. The number of aliphatic hydroxyl groups excluding tert-OH is 8. The Morgan fingerprint density at radius 1 is 0.452 bits per heavy atom. The average Bonchev–Trinajstić information content (AvgIpc) is 0.830. The van der Waals surface area contributed by atoms with E-state index in [1.54, 1.807) is 72.8 Å². The van der Waals surface area contributed by atoms with Gasteiger partial charge in [0.1, 0.15) is 11.9 Å². The molecule has 0 spiro atoms. The predicted octanol–water partition coefficient (Wildman–Crippen LogP) is -10.3. The van der Waals surface area contributed by atoms with Crippen molar-refractivity contribution in [3.8, 4) is 11.5 Å². The van der Waals surface area contributed by atoms with Gasteiger partial charge in [-0.3, -0.25) is 19.8 Å². The Morgan fingerprint density at radius 3 is 0.913 bits per heavy atom. The summed E-state index contributed by atoms with van der Waals surface area (Å²) >= 11 is 0. The van der Waals surface area contributed by atoms with Crippen molar-refractivity contribution in [3.05, 3.63) is 131 Å². The first-order chi connectivity index (χ1) is 45.6. The summed E-state index contributed by atoms with van der Waals surface area (Å²) in [7, 11) is -4.70. The summed E-state index contributed by atoms with van der Waals surface area (Å²) in [4.78, 5) is 78.7. The Bertz CT molecular complexity index is 3280. The van der Waals surface area contributed by atoms with Gasteiger partial charge in [0.2, 0.25) is 0 Å². The molecule has 46 heteroatoms. The van der Waals surface area contributed by atoms with Crippen molar-refractivity contribution >= 4 is 73.2 Å². The van der Waals surface area contributed by atoms with E-state index in [9.17, 15) is 75.5 Å². The Labute approximate surface area is 735 Å². The third-order valence-corrected chi connectivity index (χ3v) is 14.0. The normalized spacial score (nSPS) is 11.0. The standard InChI is InChI=1S/2C21H23N5O4.2C4H11O3P.2C2HF3O2.4CH4O.2ClH.4Gd/c2*27-11-9-26(10-12-28)14-17-4-2-5-18(23-17)21(30)25-22-13-16-8-7-15-3-1-6-19(29)20(15)24-16;2*1-4(2,3)8(5,6)7;2*3-2(4,5)1(6)7;4*1-2;;;;;;/h2*1-8,13,27-29H,9-12,14H2,(H,25,30);2*1-3H3,(H2,5,6,7);2*(H,6,7);4*2H,1H3;2*1H;;;;/q;;;;;;;;;;;;4*+3/p-12/b2*22-13+;;;;;;;;;;;;;;. The van der Waals surface area contributed by atoms with Gasteiger partial charge in [0.05, 0.1) is 84.1 Å². The molecule has 0 aliphatic rings. The molecule has 0 amide bonds. The van der Waals surface area contributed by atoms with Gasteiger partial charge in [-0.05, 0) is 57.5 Å². The van der Waals surface area contributed by atoms with Crippen molar-refractivity contribution in [3.63, 3.8) is 0 Å². The quantitative estimate of drug-likeness (QED) is 0.0130. The van der Waals surface area contributed by atoms with Gasteiger partial charge in [0, 0.05) is 79.5 Å². The van der Waals surface area contributed by atoms with Crippen molar-refractivity contribution in [2.45, 2.75) is 77.3 Å². The Hall–Kier alpha value is -2.26. The number of benzene rings is 2. The molecular weight excluding hydrogens is 2060 g/mol. The Morgan fingerprint density at radius 2 is 0.692 bits per heavy atom. The number of hydrogen-bond donors (Lipinski definition) is 8. The maximum atomic E-state index is 12.3. The van der Waals surface area contributed by atoms with E-state index >= 15 is 0 Å². The molecule has 8 N–H and O–H groups in total. The molecule has 588 valence electrons. The van der Waals surface area contributed by atoms with Gasteiger partial charge in [0.15, 0.2) is 0 Å². The van der Waals surface area contributed by atoms with E-state index < -0.39 is 61.6 Å². The number of alkyl halides is 6. The number of aliphatic hydroxyl groups is 8. The van der Waals surface area contributed by atoms with Crippen LogP contribution in [0.5, 0.6) is 11.5 Å². The molecule has 6 rings (SSSR count). The van der Waals surface area contributed by atoms with E-state index in [0.29, 0.717) is 73.1 Å². The second-order valence-electron chi connectivity index (χ2n) is 19.8. The van der Waals surface area contributed by atoms with E-state index in [1.807, 2.05) is 9.80 Å². The largest absolute Gasteiger partial charge is 3.00 e. The van der Waals surface area contributed by atoms with E-state index in [-0.39, 0.29) is 234 Å². The zero-order valence-electron chi connectivity index (χ0n) is 56.6. The second-order valence-corrected chi connectivity index (χ2v) is 24.5. The molecule has 0 atom stereocenters. The molecule has 4 aromatic heterocycles. The number of fused-ring (bicyclic) bond motifs is 2. The summed E-state index contributed by atoms with van der Waals surface area (Å²) in [5, 5.41) is 144. The average molecular weight is 2140 g/mol. The summed E-state index contributed by atoms with van der Waals surface area (Å²) in [6, 6.07) is 26.6. The number of carbonyl (C=O) groups excluding carboxylic acids is 2. The first kappa shape index (κ1) is 123. The summed E-state index contributed by atoms with van der Waals surface area (Å²) in [6.07, 6.45) is -7.78. The molecule has 0 saturated heterocycles. The van der Waals surface area contributed by atoms with Crippen LogP contribution in [0.1, 0.15) is 75.7 Å². The van der Waals surface area contributed by atoms with Gasteiger partial charge in [-0.15, -0.1) is 0 Å². The number of aromatic nitrogens is 4. The number of halogens is 8. The van der Waals surface area contributed by atoms with E-state index in [4.69, 9.17) is 60.7 Å². The molecule has 104 heavy (non-hydrogen) atoms. The first-order valence-corrected chi connectivity index (χ1v) is 30.6. The fourth-order valence-corrected chi connectivity index (χ4v) is 5.73. The SMILES string of the molecule is CC(C)(C)P(=O)([O-])[O-].CC(C)(C)P(=O)([O-])[O-].CO.CO.CO.CO.O=C([O-])C(F)(F)F.O=C([O-])C(F)(F)F.[Cl-].[Cl-].[Gd+3].[Gd+3].[Gd+3].[Gd+3].[O-]/C(=N\N=C\c1ccc2cccc([O-])c2n1)c1cccc(CN(CCO)CCO)n1.[O-]/C(=N\N=C\c1ccc2cccc([O-])c2n1)c1cccc(CN(CCO)CCO)n1. The third kappa shape index (κ3) is 54.4. The predicted molar refractivity (Wildman–Crippen MR) is 327 cm³/mol. The molecule has 0 bridgehead atoms. The molecule has 0 aliphatic carbocycles. The smallest absolute Gasteiger partial charge is 1.00 e. The molecule has 2 aromatic carbocycles. The van der Waals surface area contributed by atoms with Crippen molar-refractivity contribution in [1.82, 2.24) is 29.7 Å². The van der Waals surface area contributed by atoms with Crippen LogP contribution < -0.4 is 75.0 Å². The van der Waals surface area contributed by atoms with Crippen molar-refractivity contribution in [2.24, 2.45) is 20.4 Å². The van der Waals surface area contributed by atoms with Gasteiger partial charge >= 0.3 is 172 Å². The van der Waals surface area contributed by atoms with Crippen LogP contribution in [0.3, 0.4) is 0 Å². The van der Waals surface area contributed by atoms with Gasteiger partial charge in [-0.2, -0.15) is 46.7 Å².